The fourth-order valence-corrected chi connectivity index (χ4v) is 4.50. The van der Waals surface area contributed by atoms with Crippen molar-refractivity contribution in [2.45, 2.75) is 37.8 Å². The van der Waals surface area contributed by atoms with Crippen molar-refractivity contribution < 1.29 is 21.8 Å². The van der Waals surface area contributed by atoms with Gasteiger partial charge in [0.2, 0.25) is 0 Å². The van der Waals surface area contributed by atoms with Gasteiger partial charge in [0.25, 0.3) is 5.91 Å². The van der Waals surface area contributed by atoms with Gasteiger partial charge >= 0.3 is 10.1 Å². The minimum atomic E-state index is -4.15. The summed E-state index contributed by atoms with van der Waals surface area (Å²) in [5.74, 6) is -0.518. The molecule has 0 bridgehead atoms. The van der Waals surface area contributed by atoms with Crippen molar-refractivity contribution in [3.63, 3.8) is 0 Å². The first-order chi connectivity index (χ1) is 14.3. The summed E-state index contributed by atoms with van der Waals surface area (Å²) in [5.41, 5.74) is 0.563. The van der Waals surface area contributed by atoms with Gasteiger partial charge in [0.15, 0.2) is 0 Å². The van der Waals surface area contributed by atoms with E-state index >= 15 is 0 Å². The fraction of sp³-hybridized carbons (Fsp3) is 0.227. The first kappa shape index (κ1) is 22.0. The Morgan fingerprint density at radius 3 is 2.43 bits per heavy atom. The van der Waals surface area contributed by atoms with Gasteiger partial charge in [-0.1, -0.05) is 31.2 Å². The van der Waals surface area contributed by atoms with Gasteiger partial charge in [-0.3, -0.25) is 4.79 Å². The number of amides is 1. The molecule has 0 fully saturated rings. The number of benzene rings is 2. The van der Waals surface area contributed by atoms with Gasteiger partial charge in [0.05, 0.1) is 4.88 Å². The van der Waals surface area contributed by atoms with Gasteiger partial charge in [0, 0.05) is 18.2 Å². The molecule has 0 saturated carbocycles. The van der Waals surface area contributed by atoms with E-state index in [4.69, 9.17) is 4.18 Å². The lowest BCUT2D eigenvalue weighted by Crippen LogP contribution is -2.37. The van der Waals surface area contributed by atoms with Crippen LogP contribution in [-0.2, 0) is 16.7 Å². The molecule has 2 aromatic carbocycles. The maximum atomic E-state index is 13.1. The molecule has 3 rings (SSSR count). The van der Waals surface area contributed by atoms with Gasteiger partial charge in [-0.05, 0) is 55.1 Å². The molecule has 8 heteroatoms. The normalized spacial score (nSPS) is 12.4. The molecule has 0 aliphatic heterocycles. The van der Waals surface area contributed by atoms with E-state index in [0.717, 1.165) is 30.7 Å². The van der Waals surface area contributed by atoms with Crippen molar-refractivity contribution in [2.24, 2.45) is 0 Å². The van der Waals surface area contributed by atoms with Crippen LogP contribution in [0.3, 0.4) is 0 Å². The quantitative estimate of drug-likeness (QED) is 0.451. The number of carbonyl (C=O) groups excluding carboxylic acids is 1. The summed E-state index contributed by atoms with van der Waals surface area (Å²) in [6.45, 7) is 4.13. The van der Waals surface area contributed by atoms with Crippen LogP contribution in [0.4, 0.5) is 4.39 Å². The third kappa shape index (κ3) is 5.06. The number of nitrogens with zero attached hydrogens (tertiary/aromatic N) is 1. The maximum Gasteiger partial charge on any atom is 0.339 e. The van der Waals surface area contributed by atoms with Crippen LogP contribution in [0.15, 0.2) is 70.9 Å². The van der Waals surface area contributed by atoms with Crippen LogP contribution in [0.5, 0.6) is 5.75 Å². The van der Waals surface area contributed by atoms with Gasteiger partial charge in [-0.15, -0.1) is 11.3 Å². The summed E-state index contributed by atoms with van der Waals surface area (Å²) >= 11 is 1.36. The van der Waals surface area contributed by atoms with E-state index in [0.29, 0.717) is 10.4 Å². The molecule has 1 atom stereocenters. The Morgan fingerprint density at radius 1 is 1.10 bits per heavy atom. The van der Waals surface area contributed by atoms with Gasteiger partial charge in [-0.2, -0.15) is 8.42 Å². The number of halogens is 1. The van der Waals surface area contributed by atoms with Gasteiger partial charge in [0.1, 0.15) is 16.5 Å². The molecule has 1 amide bonds. The summed E-state index contributed by atoms with van der Waals surface area (Å²) in [5, 5.41) is 1.84. The Morgan fingerprint density at radius 2 is 1.80 bits per heavy atom. The number of rotatable bonds is 8. The fourth-order valence-electron chi connectivity index (χ4n) is 2.86. The maximum absolute atomic E-state index is 13.1. The molecule has 1 aromatic heterocycles. The van der Waals surface area contributed by atoms with Gasteiger partial charge in [-0.25, -0.2) is 4.39 Å². The van der Waals surface area contributed by atoms with Crippen molar-refractivity contribution in [1.29, 1.82) is 0 Å². The first-order valence-electron chi connectivity index (χ1n) is 9.44. The Bertz CT molecular complexity index is 1100. The van der Waals surface area contributed by atoms with Crippen molar-refractivity contribution in [2.75, 3.05) is 0 Å². The standard InChI is InChI=1S/C22H22FNO4S2/c1-3-16(2)24(22(25)21-9-6-14-29-21)15-17-7-4-5-8-20(17)28-30(26,27)19-12-10-18(23)11-13-19/h4-14,16H,3,15H2,1-2H3/t16-/m1/s1. The van der Waals surface area contributed by atoms with Crippen LogP contribution in [0.1, 0.15) is 35.5 Å². The van der Waals surface area contributed by atoms with Crippen molar-refractivity contribution >= 4 is 27.4 Å². The zero-order valence-corrected chi connectivity index (χ0v) is 18.3. The van der Waals surface area contributed by atoms with E-state index in [1.807, 2.05) is 25.3 Å². The smallest absolute Gasteiger partial charge is 0.339 e. The molecule has 0 spiro atoms. The van der Waals surface area contributed by atoms with Crippen LogP contribution in [0, 0.1) is 5.82 Å². The number of thiophene rings is 1. The van der Waals surface area contributed by atoms with Crippen molar-refractivity contribution in [3.05, 3.63) is 82.3 Å². The number of hydrogen-bond acceptors (Lipinski definition) is 5. The van der Waals surface area contributed by atoms with Gasteiger partial charge < -0.3 is 9.08 Å². The molecule has 0 aliphatic rings. The Balaban J connectivity index is 1.89. The zero-order valence-electron chi connectivity index (χ0n) is 16.6. The molecule has 30 heavy (non-hydrogen) atoms. The highest BCUT2D eigenvalue weighted by molar-refractivity contribution is 7.87. The molecule has 158 valence electrons. The largest absolute Gasteiger partial charge is 0.379 e. The summed E-state index contributed by atoms with van der Waals surface area (Å²) in [6, 6.07) is 14.7. The predicted molar refractivity (Wildman–Crippen MR) is 115 cm³/mol. The van der Waals surface area contributed by atoms with E-state index < -0.39 is 15.9 Å². The number of carbonyl (C=O) groups is 1. The van der Waals surface area contributed by atoms with Crippen LogP contribution < -0.4 is 4.18 Å². The minimum Gasteiger partial charge on any atom is -0.379 e. The second-order valence-corrected chi connectivity index (χ2v) is 9.26. The highest BCUT2D eigenvalue weighted by atomic mass is 32.2. The third-order valence-corrected chi connectivity index (χ3v) is 6.84. The lowest BCUT2D eigenvalue weighted by atomic mass is 10.1. The van der Waals surface area contributed by atoms with E-state index in [9.17, 15) is 17.6 Å². The minimum absolute atomic E-state index is 0.0543. The molecular weight excluding hydrogens is 425 g/mol. The lowest BCUT2D eigenvalue weighted by Gasteiger charge is -2.29. The van der Waals surface area contributed by atoms with Crippen LogP contribution in [0.25, 0.3) is 0 Å². The molecule has 0 aliphatic carbocycles. The van der Waals surface area contributed by atoms with Crippen LogP contribution in [-0.4, -0.2) is 25.3 Å². The average molecular weight is 448 g/mol. The van der Waals surface area contributed by atoms with E-state index in [1.54, 1.807) is 35.2 Å². The highest BCUT2D eigenvalue weighted by Gasteiger charge is 2.24. The zero-order chi connectivity index (χ0) is 21.7. The van der Waals surface area contributed by atoms with Crippen LogP contribution in [0.2, 0.25) is 0 Å². The summed E-state index contributed by atoms with van der Waals surface area (Å²) in [4.78, 5) is 15.2. The molecule has 0 saturated heterocycles. The molecule has 0 unspecified atom stereocenters. The van der Waals surface area contributed by atoms with E-state index in [2.05, 4.69) is 0 Å². The summed E-state index contributed by atoms with van der Waals surface area (Å²) in [7, 11) is -4.15. The SMILES string of the molecule is CC[C@@H](C)N(Cc1ccccc1OS(=O)(=O)c1ccc(F)cc1)C(=O)c1cccs1. The molecule has 0 radical (unpaired) electrons. The monoisotopic (exact) mass is 447 g/mol. The Hall–Kier alpha value is -2.71. The van der Waals surface area contributed by atoms with E-state index in [-0.39, 0.29) is 29.1 Å². The molecule has 5 nitrogen and oxygen atoms in total. The number of hydrogen-bond donors (Lipinski definition) is 0. The molecule has 3 aromatic rings. The summed E-state index contributed by atoms with van der Waals surface area (Å²) in [6.07, 6.45) is 0.744. The van der Waals surface area contributed by atoms with Crippen molar-refractivity contribution in [3.8, 4) is 5.75 Å². The first-order valence-corrected chi connectivity index (χ1v) is 11.7. The van der Waals surface area contributed by atoms with Crippen LogP contribution >= 0.6 is 11.3 Å². The van der Waals surface area contributed by atoms with Crippen molar-refractivity contribution in [1.82, 2.24) is 4.90 Å². The molecule has 1 heterocycles. The summed E-state index contributed by atoms with van der Waals surface area (Å²) < 4.78 is 43.8. The highest BCUT2D eigenvalue weighted by Crippen LogP contribution is 2.27. The molecule has 0 N–H and O–H groups in total. The molecular formula is C22H22FNO4S2. The lowest BCUT2D eigenvalue weighted by molar-refractivity contribution is 0.0676. The second kappa shape index (κ2) is 9.40. The Labute approximate surface area is 179 Å². The predicted octanol–water partition coefficient (Wildman–Crippen LogP) is 5.10. The topological polar surface area (TPSA) is 63.7 Å². The third-order valence-electron chi connectivity index (χ3n) is 4.73. The van der Waals surface area contributed by atoms with E-state index in [1.165, 1.54) is 11.3 Å². The second-order valence-electron chi connectivity index (χ2n) is 6.77. The Kier molecular flexibility index (Phi) is 6.89. The number of para-hydroxylation sites is 1. The average Bonchev–Trinajstić information content (AvgIpc) is 3.27.